The van der Waals surface area contributed by atoms with Crippen molar-refractivity contribution in [2.24, 2.45) is 0 Å². The molecule has 0 saturated heterocycles. The predicted octanol–water partition coefficient (Wildman–Crippen LogP) is 20.1. The molecule has 1 amide bonds. The Labute approximate surface area is 471 Å². The van der Waals surface area contributed by atoms with E-state index in [-0.39, 0.29) is 31.5 Å². The van der Waals surface area contributed by atoms with Crippen molar-refractivity contribution in [3.8, 4) is 0 Å². The fraction of sp³-hybridized carbons (Fsp3) is 0.848. The highest BCUT2D eigenvalue weighted by molar-refractivity contribution is 7.47. The fourth-order valence-corrected chi connectivity index (χ4v) is 10.2. The minimum absolute atomic E-state index is 0.0392. The van der Waals surface area contributed by atoms with Crippen LogP contribution in [0.1, 0.15) is 310 Å². The minimum Gasteiger partial charge on any atom is -0.456 e. The molecule has 2 N–H and O–H groups in total. The van der Waals surface area contributed by atoms with Gasteiger partial charge in [-0.1, -0.05) is 275 Å². The van der Waals surface area contributed by atoms with Gasteiger partial charge in [0.2, 0.25) is 5.91 Å². The van der Waals surface area contributed by atoms with Gasteiger partial charge in [-0.25, -0.2) is 4.57 Å². The maximum Gasteiger partial charge on any atom is 0.472 e. The summed E-state index contributed by atoms with van der Waals surface area (Å²) in [5.41, 5.74) is 0. The Morgan fingerprint density at radius 2 is 0.803 bits per heavy atom. The summed E-state index contributed by atoms with van der Waals surface area (Å²) in [5, 5.41) is 3.06. The van der Waals surface area contributed by atoms with E-state index in [1.54, 1.807) is 0 Å². The van der Waals surface area contributed by atoms with Crippen molar-refractivity contribution < 1.29 is 37.3 Å². The van der Waals surface area contributed by atoms with Crippen LogP contribution in [0.3, 0.4) is 0 Å². The Kier molecular flexibility index (Phi) is 54.7. The van der Waals surface area contributed by atoms with Crippen molar-refractivity contribution in [3.63, 3.8) is 0 Å². The molecule has 0 spiro atoms. The molecule has 0 aliphatic heterocycles. The highest BCUT2D eigenvalue weighted by Crippen LogP contribution is 2.43. The Morgan fingerprint density at radius 3 is 1.22 bits per heavy atom. The molecule has 3 unspecified atom stereocenters. The smallest absolute Gasteiger partial charge is 0.456 e. The zero-order valence-corrected chi connectivity index (χ0v) is 51.9. The van der Waals surface area contributed by atoms with Gasteiger partial charge in [-0.15, -0.1) is 0 Å². The van der Waals surface area contributed by atoms with Crippen LogP contribution in [0.25, 0.3) is 0 Å². The Morgan fingerprint density at radius 1 is 0.461 bits per heavy atom. The van der Waals surface area contributed by atoms with Crippen LogP contribution in [0.15, 0.2) is 48.6 Å². The van der Waals surface area contributed by atoms with E-state index in [4.69, 9.17) is 13.8 Å². The molecule has 0 bridgehead atoms. The van der Waals surface area contributed by atoms with Gasteiger partial charge in [0, 0.05) is 12.8 Å². The number of phosphoric ester groups is 1. The topological polar surface area (TPSA) is 111 Å². The zero-order valence-electron chi connectivity index (χ0n) is 51.0. The van der Waals surface area contributed by atoms with Crippen LogP contribution in [0.2, 0.25) is 0 Å². The molecule has 0 aromatic heterocycles. The first-order chi connectivity index (χ1) is 36.9. The second-order valence-electron chi connectivity index (χ2n) is 23.3. The zero-order chi connectivity index (χ0) is 55.7. The molecular formula is C66H126N2O7P+. The van der Waals surface area contributed by atoms with E-state index in [0.717, 1.165) is 83.5 Å². The highest BCUT2D eigenvalue weighted by atomic mass is 31.2. The number of nitrogens with one attached hydrogen (secondary N) is 1. The van der Waals surface area contributed by atoms with Gasteiger partial charge in [0.15, 0.2) is 0 Å². The molecule has 0 aliphatic carbocycles. The van der Waals surface area contributed by atoms with Crippen LogP contribution in [0.5, 0.6) is 0 Å². The number of hydrogen-bond donors (Lipinski definition) is 2. The van der Waals surface area contributed by atoms with E-state index in [9.17, 15) is 19.0 Å². The lowest BCUT2D eigenvalue weighted by molar-refractivity contribution is -0.870. The number of amides is 1. The summed E-state index contributed by atoms with van der Waals surface area (Å²) in [6.07, 6.45) is 69.6. The number of carbonyl (C=O) groups excluding carboxylic acids is 2. The molecule has 0 fully saturated rings. The van der Waals surface area contributed by atoms with Gasteiger partial charge in [0.1, 0.15) is 19.3 Å². The summed E-state index contributed by atoms with van der Waals surface area (Å²) < 4.78 is 30.7. The highest BCUT2D eigenvalue weighted by Gasteiger charge is 2.30. The molecule has 9 nitrogen and oxygen atoms in total. The van der Waals surface area contributed by atoms with Crippen molar-refractivity contribution in [3.05, 3.63) is 48.6 Å². The molecule has 0 heterocycles. The molecular weight excluding hydrogens is 964 g/mol. The van der Waals surface area contributed by atoms with Gasteiger partial charge in [0.05, 0.1) is 33.8 Å². The average molecular weight is 1090 g/mol. The number of hydrogen-bond acceptors (Lipinski definition) is 6. The van der Waals surface area contributed by atoms with Gasteiger partial charge >= 0.3 is 13.8 Å². The van der Waals surface area contributed by atoms with Gasteiger partial charge in [-0.3, -0.25) is 18.6 Å². The number of nitrogens with zero attached hydrogens (tertiary/aromatic N) is 1. The Hall–Kier alpha value is -2.03. The fourth-order valence-electron chi connectivity index (χ4n) is 9.48. The molecule has 0 aromatic carbocycles. The molecule has 0 radical (unpaired) electrons. The monoisotopic (exact) mass is 1090 g/mol. The molecule has 10 heteroatoms. The van der Waals surface area contributed by atoms with Crippen LogP contribution in [0, 0.1) is 0 Å². The van der Waals surface area contributed by atoms with E-state index in [2.05, 4.69) is 62.5 Å². The van der Waals surface area contributed by atoms with Crippen molar-refractivity contribution in [1.29, 1.82) is 0 Å². The Balaban J connectivity index is 5.21. The molecule has 3 atom stereocenters. The van der Waals surface area contributed by atoms with E-state index in [1.165, 1.54) is 193 Å². The predicted molar refractivity (Wildman–Crippen MR) is 328 cm³/mol. The van der Waals surface area contributed by atoms with E-state index in [1.807, 2.05) is 33.3 Å². The number of quaternary nitrogens is 1. The van der Waals surface area contributed by atoms with Crippen LogP contribution in [0.4, 0.5) is 0 Å². The lowest BCUT2D eigenvalue weighted by Crippen LogP contribution is -2.47. The van der Waals surface area contributed by atoms with Gasteiger partial charge in [-0.05, 0) is 70.3 Å². The summed E-state index contributed by atoms with van der Waals surface area (Å²) in [5.74, 6) is -0.507. The van der Waals surface area contributed by atoms with Crippen LogP contribution in [-0.4, -0.2) is 74.3 Å². The first kappa shape index (κ1) is 74.0. The number of unbranched alkanes of at least 4 members (excludes halogenated alkanes) is 37. The lowest BCUT2D eigenvalue weighted by atomic mass is 10.0. The molecule has 446 valence electrons. The molecule has 76 heavy (non-hydrogen) atoms. The maximum atomic E-state index is 13.6. The largest absolute Gasteiger partial charge is 0.472 e. The van der Waals surface area contributed by atoms with Crippen molar-refractivity contribution >= 4 is 19.7 Å². The Bertz CT molecular complexity index is 1440. The lowest BCUT2D eigenvalue weighted by Gasteiger charge is -2.27. The summed E-state index contributed by atoms with van der Waals surface area (Å²) in [6.45, 7) is 7.01. The third-order valence-electron chi connectivity index (χ3n) is 14.5. The third-order valence-corrected chi connectivity index (χ3v) is 15.5. The summed E-state index contributed by atoms with van der Waals surface area (Å²) in [4.78, 5) is 37.8. The second-order valence-corrected chi connectivity index (χ2v) is 24.7. The molecule has 0 rings (SSSR count). The minimum atomic E-state index is -4.45. The number of carbonyl (C=O) groups is 2. The van der Waals surface area contributed by atoms with Crippen LogP contribution < -0.4 is 5.32 Å². The second kappa shape index (κ2) is 56.3. The number of likely N-dealkylation sites (N-methyl/N-ethyl adjacent to an activating group) is 1. The number of rotatable bonds is 59. The van der Waals surface area contributed by atoms with Gasteiger partial charge in [0.25, 0.3) is 0 Å². The molecule has 0 saturated carbocycles. The van der Waals surface area contributed by atoms with E-state index < -0.39 is 20.0 Å². The third kappa shape index (κ3) is 56.7. The SMILES string of the molecule is CCCCC/C=C\C/C=C\C/C=C\CCCCCCCCC(=O)OC(/C=C/CCCCCCCCCCCC)C(COP(=O)(O)OCC[N+](C)(C)C)NC(=O)CCCCCCCCCCCCCCCCCCCCC. The summed E-state index contributed by atoms with van der Waals surface area (Å²) in [7, 11) is 1.50. The average Bonchev–Trinajstić information content (AvgIpc) is 3.38. The quantitative estimate of drug-likeness (QED) is 0.0205. The number of esters is 1. The molecule has 0 aromatic rings. The van der Waals surface area contributed by atoms with Gasteiger partial charge in [-0.2, -0.15) is 0 Å². The van der Waals surface area contributed by atoms with Crippen molar-refractivity contribution in [2.75, 3.05) is 40.9 Å². The standard InChI is InChI=1S/C66H125N2O7P/c1-7-10-13-16-19-22-25-28-30-32-34-36-38-40-43-46-49-52-55-58-65(69)67-63(62-74-76(71,72)73-61-60-68(4,5)6)64(57-54-51-48-45-42-27-24-21-18-15-12-9-3)75-66(70)59-56-53-50-47-44-41-39-37-35-33-31-29-26-23-20-17-14-11-8-2/h20,23,29,31,35,37,54,57,63-64H,7-19,21-22,24-28,30,32-34,36,38-53,55-56,58-62H2,1-6H3,(H-,67,69,71,72)/p+1/b23-20-,31-29-,37-35-,57-54+. The number of allylic oxidation sites excluding steroid dienone is 7. The number of ether oxygens (including phenoxy) is 1. The first-order valence-electron chi connectivity index (χ1n) is 32.5. The summed E-state index contributed by atoms with van der Waals surface area (Å²) >= 11 is 0. The van der Waals surface area contributed by atoms with Crippen LogP contribution >= 0.6 is 7.82 Å². The van der Waals surface area contributed by atoms with E-state index in [0.29, 0.717) is 17.4 Å². The maximum absolute atomic E-state index is 13.6. The van der Waals surface area contributed by atoms with E-state index >= 15 is 0 Å². The van der Waals surface area contributed by atoms with Crippen molar-refractivity contribution in [1.82, 2.24) is 5.32 Å². The number of phosphoric acid groups is 1. The molecule has 0 aliphatic rings. The first-order valence-corrected chi connectivity index (χ1v) is 34.0. The normalized spacial score (nSPS) is 13.9. The van der Waals surface area contributed by atoms with Gasteiger partial charge < -0.3 is 19.4 Å². The summed E-state index contributed by atoms with van der Waals surface area (Å²) in [6, 6.07) is -0.851. The van der Waals surface area contributed by atoms with Crippen LogP contribution in [-0.2, 0) is 27.9 Å². The van der Waals surface area contributed by atoms with Crippen molar-refractivity contribution in [2.45, 2.75) is 322 Å².